The lowest BCUT2D eigenvalue weighted by Gasteiger charge is -2.26. The number of hydrogen-bond donors (Lipinski definition) is 2. The number of aliphatic hydroxyl groups excluding tert-OH is 1. The zero-order valence-corrected chi connectivity index (χ0v) is 10.4. The lowest BCUT2D eigenvalue weighted by atomic mass is 9.94. The number of benzene rings is 1. The first-order valence-corrected chi connectivity index (χ1v) is 6.81. The van der Waals surface area contributed by atoms with Gasteiger partial charge >= 0.3 is 0 Å². The van der Waals surface area contributed by atoms with Crippen molar-refractivity contribution in [3.05, 3.63) is 35.9 Å². The van der Waals surface area contributed by atoms with Gasteiger partial charge in [0.1, 0.15) is 0 Å². The molecule has 1 fully saturated rings. The van der Waals surface area contributed by atoms with Crippen molar-refractivity contribution < 1.29 is 5.11 Å². The third kappa shape index (κ3) is 4.14. The Hall–Kier alpha value is -0.860. The summed E-state index contributed by atoms with van der Waals surface area (Å²) < 4.78 is 0. The highest BCUT2D eigenvalue weighted by Gasteiger charge is 2.19. The number of rotatable bonds is 3. The van der Waals surface area contributed by atoms with Crippen LogP contribution in [-0.2, 0) is 6.54 Å². The summed E-state index contributed by atoms with van der Waals surface area (Å²) in [5, 5.41) is 13.6. The largest absolute Gasteiger partial charge is 0.392 e. The second-order valence-corrected chi connectivity index (χ2v) is 5.03. The standard InChI is InChI=1S/C15H23NO/c17-15-11-7-2-1-6-10-14(15)16-12-13-8-4-3-5-9-13/h3-5,8-9,14-17H,1-2,6-7,10-12H2/t14-,15-/m0/s1. The van der Waals surface area contributed by atoms with E-state index in [-0.39, 0.29) is 12.1 Å². The molecule has 0 bridgehead atoms. The SMILES string of the molecule is O[C@H]1CCCCCC[C@@H]1NCc1ccccc1. The molecular weight excluding hydrogens is 210 g/mol. The van der Waals surface area contributed by atoms with Gasteiger partial charge in [-0.25, -0.2) is 0 Å². The minimum atomic E-state index is -0.168. The van der Waals surface area contributed by atoms with Crippen LogP contribution in [0.4, 0.5) is 0 Å². The van der Waals surface area contributed by atoms with E-state index in [1.54, 1.807) is 0 Å². The quantitative estimate of drug-likeness (QED) is 0.841. The number of aliphatic hydroxyl groups is 1. The van der Waals surface area contributed by atoms with Crippen LogP contribution in [0.5, 0.6) is 0 Å². The maximum Gasteiger partial charge on any atom is 0.0693 e. The van der Waals surface area contributed by atoms with Crippen molar-refractivity contribution in [3.63, 3.8) is 0 Å². The van der Waals surface area contributed by atoms with Crippen molar-refractivity contribution in [2.45, 2.75) is 57.2 Å². The molecule has 17 heavy (non-hydrogen) atoms. The molecule has 0 aromatic heterocycles. The summed E-state index contributed by atoms with van der Waals surface area (Å²) >= 11 is 0. The minimum Gasteiger partial charge on any atom is -0.392 e. The lowest BCUT2D eigenvalue weighted by Crippen LogP contribution is -2.40. The molecule has 2 rings (SSSR count). The van der Waals surface area contributed by atoms with E-state index in [2.05, 4.69) is 29.6 Å². The van der Waals surface area contributed by atoms with E-state index in [1.807, 2.05) is 6.07 Å². The van der Waals surface area contributed by atoms with Gasteiger partial charge in [-0.05, 0) is 18.4 Å². The Labute approximate surface area is 104 Å². The minimum absolute atomic E-state index is 0.168. The fraction of sp³-hybridized carbons (Fsp3) is 0.600. The summed E-state index contributed by atoms with van der Waals surface area (Å²) in [4.78, 5) is 0. The topological polar surface area (TPSA) is 32.3 Å². The highest BCUT2D eigenvalue weighted by Crippen LogP contribution is 2.18. The Morgan fingerprint density at radius 3 is 2.47 bits per heavy atom. The van der Waals surface area contributed by atoms with Crippen molar-refractivity contribution in [3.8, 4) is 0 Å². The van der Waals surface area contributed by atoms with Crippen LogP contribution in [0.15, 0.2) is 30.3 Å². The predicted molar refractivity (Wildman–Crippen MR) is 70.8 cm³/mol. The average molecular weight is 233 g/mol. The van der Waals surface area contributed by atoms with Crippen molar-refractivity contribution >= 4 is 0 Å². The second-order valence-electron chi connectivity index (χ2n) is 5.03. The first-order valence-electron chi connectivity index (χ1n) is 6.81. The van der Waals surface area contributed by atoms with Crippen LogP contribution in [0.3, 0.4) is 0 Å². The molecule has 0 unspecified atom stereocenters. The van der Waals surface area contributed by atoms with Crippen LogP contribution in [0.25, 0.3) is 0 Å². The van der Waals surface area contributed by atoms with E-state index < -0.39 is 0 Å². The molecule has 0 radical (unpaired) electrons. The van der Waals surface area contributed by atoms with Crippen LogP contribution in [0, 0.1) is 0 Å². The summed E-state index contributed by atoms with van der Waals surface area (Å²) in [5.41, 5.74) is 1.29. The highest BCUT2D eigenvalue weighted by atomic mass is 16.3. The van der Waals surface area contributed by atoms with Crippen molar-refractivity contribution in [2.75, 3.05) is 0 Å². The third-order valence-electron chi connectivity index (χ3n) is 3.64. The zero-order valence-electron chi connectivity index (χ0n) is 10.4. The summed E-state index contributed by atoms with van der Waals surface area (Å²) in [6, 6.07) is 10.7. The molecule has 0 saturated heterocycles. The van der Waals surface area contributed by atoms with E-state index in [1.165, 1.54) is 31.2 Å². The molecule has 2 heteroatoms. The first-order chi connectivity index (χ1) is 8.36. The van der Waals surface area contributed by atoms with Crippen molar-refractivity contribution in [1.29, 1.82) is 0 Å². The van der Waals surface area contributed by atoms with Gasteiger partial charge in [-0.15, -0.1) is 0 Å². The Bertz CT molecular complexity index is 312. The maximum absolute atomic E-state index is 10.1. The Kier molecular flexibility index (Phi) is 5.02. The molecule has 2 nitrogen and oxygen atoms in total. The van der Waals surface area contributed by atoms with Crippen LogP contribution in [-0.4, -0.2) is 17.3 Å². The molecule has 1 aliphatic carbocycles. The van der Waals surface area contributed by atoms with E-state index in [0.29, 0.717) is 0 Å². The molecule has 1 aromatic carbocycles. The summed E-state index contributed by atoms with van der Waals surface area (Å²) in [5.74, 6) is 0. The average Bonchev–Trinajstić information content (AvgIpc) is 2.35. The van der Waals surface area contributed by atoms with E-state index in [9.17, 15) is 5.11 Å². The molecular formula is C15H23NO. The summed E-state index contributed by atoms with van der Waals surface area (Å²) in [6.45, 7) is 0.864. The third-order valence-corrected chi connectivity index (χ3v) is 3.64. The molecule has 1 saturated carbocycles. The van der Waals surface area contributed by atoms with Gasteiger partial charge in [-0.2, -0.15) is 0 Å². The predicted octanol–water partition coefficient (Wildman–Crippen LogP) is 2.86. The molecule has 94 valence electrons. The van der Waals surface area contributed by atoms with Crippen LogP contribution in [0.2, 0.25) is 0 Å². The number of nitrogens with one attached hydrogen (secondary N) is 1. The van der Waals surface area contributed by atoms with Gasteiger partial charge in [-0.3, -0.25) is 0 Å². The second kappa shape index (κ2) is 6.77. The summed E-state index contributed by atoms with van der Waals surface area (Å²) in [7, 11) is 0. The molecule has 0 amide bonds. The number of hydrogen-bond acceptors (Lipinski definition) is 2. The first kappa shape index (κ1) is 12.6. The zero-order chi connectivity index (χ0) is 11.9. The lowest BCUT2D eigenvalue weighted by molar-refractivity contribution is 0.103. The van der Waals surface area contributed by atoms with Gasteiger partial charge in [0.25, 0.3) is 0 Å². The Morgan fingerprint density at radius 1 is 1.00 bits per heavy atom. The van der Waals surface area contributed by atoms with Crippen LogP contribution < -0.4 is 5.32 Å². The molecule has 1 aliphatic rings. The fourth-order valence-electron chi connectivity index (χ4n) is 2.55. The monoisotopic (exact) mass is 233 g/mol. The van der Waals surface area contributed by atoms with Gasteiger partial charge in [-0.1, -0.05) is 56.0 Å². The van der Waals surface area contributed by atoms with E-state index in [0.717, 1.165) is 19.4 Å². The fourth-order valence-corrected chi connectivity index (χ4v) is 2.55. The Balaban J connectivity index is 1.83. The molecule has 2 atom stereocenters. The van der Waals surface area contributed by atoms with Crippen LogP contribution >= 0.6 is 0 Å². The van der Waals surface area contributed by atoms with E-state index in [4.69, 9.17) is 0 Å². The van der Waals surface area contributed by atoms with Crippen molar-refractivity contribution in [1.82, 2.24) is 5.32 Å². The molecule has 0 aliphatic heterocycles. The Morgan fingerprint density at radius 2 is 1.71 bits per heavy atom. The molecule has 1 aromatic rings. The molecule has 0 heterocycles. The van der Waals surface area contributed by atoms with Gasteiger partial charge in [0.15, 0.2) is 0 Å². The summed E-state index contributed by atoms with van der Waals surface area (Å²) in [6.07, 6.45) is 6.90. The highest BCUT2D eigenvalue weighted by molar-refractivity contribution is 5.14. The van der Waals surface area contributed by atoms with Gasteiger partial charge in [0, 0.05) is 12.6 Å². The molecule has 0 spiro atoms. The van der Waals surface area contributed by atoms with E-state index >= 15 is 0 Å². The van der Waals surface area contributed by atoms with Crippen LogP contribution in [0.1, 0.15) is 44.1 Å². The normalized spacial score (nSPS) is 26.2. The van der Waals surface area contributed by atoms with Gasteiger partial charge < -0.3 is 10.4 Å². The maximum atomic E-state index is 10.1. The van der Waals surface area contributed by atoms with Crippen molar-refractivity contribution in [2.24, 2.45) is 0 Å². The molecule has 2 N–H and O–H groups in total. The smallest absolute Gasteiger partial charge is 0.0693 e. The van der Waals surface area contributed by atoms with Gasteiger partial charge in [0.05, 0.1) is 6.10 Å². The van der Waals surface area contributed by atoms with Gasteiger partial charge in [0.2, 0.25) is 0 Å².